The monoisotopic (exact) mass is 409 g/mol. The van der Waals surface area contributed by atoms with E-state index in [-0.39, 0.29) is 25.2 Å². The van der Waals surface area contributed by atoms with Gasteiger partial charge in [-0.3, -0.25) is 4.79 Å². The zero-order chi connectivity index (χ0) is 21.1. The molecule has 0 radical (unpaired) electrons. The minimum absolute atomic E-state index is 0.0271. The van der Waals surface area contributed by atoms with Gasteiger partial charge in [-0.1, -0.05) is 12.1 Å². The fourth-order valence-corrected chi connectivity index (χ4v) is 3.74. The van der Waals surface area contributed by atoms with E-state index in [1.165, 1.54) is 0 Å². The summed E-state index contributed by atoms with van der Waals surface area (Å²) in [6, 6.07) is 13.8. The van der Waals surface area contributed by atoms with E-state index < -0.39 is 5.63 Å². The highest BCUT2D eigenvalue weighted by Gasteiger charge is 2.28. The Morgan fingerprint density at radius 3 is 2.67 bits per heavy atom. The van der Waals surface area contributed by atoms with Crippen LogP contribution in [0.1, 0.15) is 12.8 Å². The molecule has 0 saturated carbocycles. The minimum Gasteiger partial charge on any atom is -0.497 e. The molecule has 7 heteroatoms. The molecule has 1 aliphatic heterocycles. The number of methoxy groups -OCH3 is 1. The number of amides is 1. The number of carbonyl (C=O) groups excluding carboxylic acids is 1. The standard InChI is InChI=1S/C23H23NO6/c1-28-19-8-9-21-16(11-19)12-20(23(27)30-21)15-4-6-18(7-5-15)29-14-22(26)24-10-2-3-17(24)13-25/h4-9,11-12,17,25H,2-3,10,13-14H2,1H3. The number of aliphatic hydroxyl groups is 1. The second-order valence-corrected chi connectivity index (χ2v) is 7.23. The maximum atomic E-state index is 12.4. The van der Waals surface area contributed by atoms with Crippen molar-refractivity contribution in [1.29, 1.82) is 0 Å². The van der Waals surface area contributed by atoms with Crippen LogP contribution in [0.5, 0.6) is 11.5 Å². The van der Waals surface area contributed by atoms with E-state index >= 15 is 0 Å². The number of hydrogen-bond acceptors (Lipinski definition) is 6. The molecule has 2 heterocycles. The molecule has 1 fully saturated rings. The van der Waals surface area contributed by atoms with E-state index in [2.05, 4.69) is 0 Å². The number of aliphatic hydroxyl groups excluding tert-OH is 1. The topological polar surface area (TPSA) is 89.2 Å². The zero-order valence-corrected chi connectivity index (χ0v) is 16.7. The first kappa shape index (κ1) is 20.0. The van der Waals surface area contributed by atoms with E-state index in [1.807, 2.05) is 6.07 Å². The Labute approximate surface area is 173 Å². The summed E-state index contributed by atoms with van der Waals surface area (Å²) in [6.45, 7) is 0.531. The average Bonchev–Trinajstić information content (AvgIpc) is 3.26. The van der Waals surface area contributed by atoms with Crippen LogP contribution in [-0.4, -0.2) is 48.8 Å². The predicted octanol–water partition coefficient (Wildman–Crippen LogP) is 2.83. The van der Waals surface area contributed by atoms with Gasteiger partial charge >= 0.3 is 5.63 Å². The van der Waals surface area contributed by atoms with Gasteiger partial charge in [-0.05, 0) is 54.8 Å². The molecule has 1 aromatic heterocycles. The molecule has 1 atom stereocenters. The van der Waals surface area contributed by atoms with Crippen LogP contribution in [0.3, 0.4) is 0 Å². The number of benzene rings is 2. The van der Waals surface area contributed by atoms with Crippen molar-refractivity contribution < 1.29 is 23.8 Å². The number of likely N-dealkylation sites (tertiary alicyclic amines) is 1. The first-order valence-corrected chi connectivity index (χ1v) is 9.84. The summed E-state index contributed by atoms with van der Waals surface area (Å²) in [6.07, 6.45) is 1.71. The number of hydrogen-bond donors (Lipinski definition) is 1. The lowest BCUT2D eigenvalue weighted by Gasteiger charge is -2.22. The Morgan fingerprint density at radius 1 is 1.17 bits per heavy atom. The van der Waals surface area contributed by atoms with E-state index in [0.717, 1.165) is 18.2 Å². The summed E-state index contributed by atoms with van der Waals surface area (Å²) in [5.41, 5.74) is 1.18. The number of carbonyl (C=O) groups is 1. The van der Waals surface area contributed by atoms with Crippen LogP contribution in [0, 0.1) is 0 Å². The normalized spacial score (nSPS) is 16.1. The third-order valence-corrected chi connectivity index (χ3v) is 5.38. The first-order valence-electron chi connectivity index (χ1n) is 9.84. The Hall–Kier alpha value is -3.32. The predicted molar refractivity (Wildman–Crippen MR) is 112 cm³/mol. The smallest absolute Gasteiger partial charge is 0.344 e. The van der Waals surface area contributed by atoms with Crippen molar-refractivity contribution in [2.75, 3.05) is 26.9 Å². The molecule has 1 amide bonds. The lowest BCUT2D eigenvalue weighted by molar-refractivity contribution is -0.134. The van der Waals surface area contributed by atoms with Gasteiger partial charge in [0.2, 0.25) is 0 Å². The summed E-state index contributed by atoms with van der Waals surface area (Å²) in [5, 5.41) is 10.1. The van der Waals surface area contributed by atoms with Gasteiger partial charge in [0.1, 0.15) is 17.1 Å². The fourth-order valence-electron chi connectivity index (χ4n) is 3.74. The first-order chi connectivity index (χ1) is 14.6. The highest BCUT2D eigenvalue weighted by Crippen LogP contribution is 2.26. The molecule has 7 nitrogen and oxygen atoms in total. The van der Waals surface area contributed by atoms with Gasteiger partial charge in [0.15, 0.2) is 6.61 Å². The van der Waals surface area contributed by atoms with Crippen molar-refractivity contribution in [1.82, 2.24) is 4.90 Å². The van der Waals surface area contributed by atoms with Gasteiger partial charge in [-0.25, -0.2) is 4.79 Å². The SMILES string of the molecule is COc1ccc2oc(=O)c(-c3ccc(OCC(=O)N4CCCC4CO)cc3)cc2c1. The third kappa shape index (κ3) is 4.02. The third-order valence-electron chi connectivity index (χ3n) is 5.38. The molecule has 2 aromatic carbocycles. The molecule has 1 saturated heterocycles. The van der Waals surface area contributed by atoms with E-state index in [0.29, 0.717) is 34.8 Å². The summed E-state index contributed by atoms with van der Waals surface area (Å²) < 4.78 is 16.3. The lowest BCUT2D eigenvalue weighted by atomic mass is 10.1. The van der Waals surface area contributed by atoms with Crippen molar-refractivity contribution in [3.8, 4) is 22.6 Å². The largest absolute Gasteiger partial charge is 0.497 e. The molecule has 1 unspecified atom stereocenters. The molecule has 0 aliphatic carbocycles. The van der Waals surface area contributed by atoms with Crippen LogP contribution in [-0.2, 0) is 4.79 Å². The maximum absolute atomic E-state index is 12.4. The summed E-state index contributed by atoms with van der Waals surface area (Å²) in [5.74, 6) is 1.07. The molecule has 0 spiro atoms. The van der Waals surface area contributed by atoms with Gasteiger partial charge in [0, 0.05) is 11.9 Å². The minimum atomic E-state index is -0.430. The van der Waals surface area contributed by atoms with E-state index in [1.54, 1.807) is 54.5 Å². The maximum Gasteiger partial charge on any atom is 0.344 e. The highest BCUT2D eigenvalue weighted by atomic mass is 16.5. The molecular weight excluding hydrogens is 386 g/mol. The van der Waals surface area contributed by atoms with Crippen LogP contribution < -0.4 is 15.1 Å². The Balaban J connectivity index is 1.49. The van der Waals surface area contributed by atoms with Crippen molar-refractivity contribution in [2.45, 2.75) is 18.9 Å². The van der Waals surface area contributed by atoms with Crippen molar-refractivity contribution in [2.24, 2.45) is 0 Å². The molecule has 156 valence electrons. The van der Waals surface area contributed by atoms with Crippen LogP contribution in [0.2, 0.25) is 0 Å². The Morgan fingerprint density at radius 2 is 1.93 bits per heavy atom. The fraction of sp³-hybridized carbons (Fsp3) is 0.304. The molecule has 3 aromatic rings. The second-order valence-electron chi connectivity index (χ2n) is 7.23. The highest BCUT2D eigenvalue weighted by molar-refractivity contribution is 5.83. The van der Waals surface area contributed by atoms with Gasteiger partial charge < -0.3 is 23.9 Å². The number of rotatable bonds is 6. The van der Waals surface area contributed by atoms with Crippen molar-refractivity contribution in [3.63, 3.8) is 0 Å². The molecule has 1 N–H and O–H groups in total. The zero-order valence-electron chi connectivity index (χ0n) is 16.7. The van der Waals surface area contributed by atoms with Gasteiger partial charge in [-0.15, -0.1) is 0 Å². The number of nitrogens with zero attached hydrogens (tertiary/aromatic N) is 1. The molecular formula is C23H23NO6. The van der Waals surface area contributed by atoms with E-state index in [4.69, 9.17) is 13.9 Å². The summed E-state index contributed by atoms with van der Waals surface area (Å²) >= 11 is 0. The van der Waals surface area contributed by atoms with Gasteiger partial charge in [0.05, 0.1) is 25.3 Å². The summed E-state index contributed by atoms with van der Waals surface area (Å²) in [4.78, 5) is 26.4. The Kier molecular flexibility index (Phi) is 5.72. The van der Waals surface area contributed by atoms with Crippen molar-refractivity contribution >= 4 is 16.9 Å². The van der Waals surface area contributed by atoms with Crippen LogP contribution >= 0.6 is 0 Å². The number of ether oxygens (including phenoxy) is 2. The van der Waals surface area contributed by atoms with Crippen LogP contribution in [0.4, 0.5) is 0 Å². The lowest BCUT2D eigenvalue weighted by Crippen LogP contribution is -2.40. The van der Waals surface area contributed by atoms with Gasteiger partial charge in [-0.2, -0.15) is 0 Å². The molecule has 0 bridgehead atoms. The quantitative estimate of drug-likeness (QED) is 0.630. The van der Waals surface area contributed by atoms with Crippen LogP contribution in [0.25, 0.3) is 22.1 Å². The molecule has 4 rings (SSSR count). The van der Waals surface area contributed by atoms with Gasteiger partial charge in [0.25, 0.3) is 5.91 Å². The van der Waals surface area contributed by atoms with Crippen LogP contribution in [0.15, 0.2) is 57.7 Å². The Bertz CT molecular complexity index is 1100. The molecule has 30 heavy (non-hydrogen) atoms. The number of fused-ring (bicyclic) bond motifs is 1. The molecule has 1 aliphatic rings. The van der Waals surface area contributed by atoms with E-state index in [9.17, 15) is 14.7 Å². The average molecular weight is 409 g/mol. The van der Waals surface area contributed by atoms with Crippen molar-refractivity contribution in [3.05, 3.63) is 59.0 Å². The second kappa shape index (κ2) is 8.59. The summed E-state index contributed by atoms with van der Waals surface area (Å²) in [7, 11) is 1.58.